The monoisotopic (exact) mass is 460 g/mol. The topological polar surface area (TPSA) is 104 Å². The highest BCUT2D eigenvalue weighted by atomic mass is 35.5. The maximum Gasteiger partial charge on any atom is 0.293 e. The van der Waals surface area contributed by atoms with Crippen LogP contribution in [0.25, 0.3) is 22.2 Å². The number of methoxy groups -OCH3 is 2. The van der Waals surface area contributed by atoms with Crippen molar-refractivity contribution >= 4 is 46.0 Å². The summed E-state index contributed by atoms with van der Waals surface area (Å²) >= 11 is 12.0. The van der Waals surface area contributed by atoms with Crippen LogP contribution in [0.5, 0.6) is 11.5 Å². The molecule has 0 fully saturated rings. The Morgan fingerprint density at radius 2 is 1.81 bits per heavy atom. The fourth-order valence-corrected chi connectivity index (χ4v) is 3.47. The van der Waals surface area contributed by atoms with E-state index in [4.69, 9.17) is 41.6 Å². The molecule has 0 unspecified atom stereocenters. The van der Waals surface area contributed by atoms with Gasteiger partial charge in [0.05, 0.1) is 24.6 Å². The molecule has 0 aliphatic carbocycles. The van der Waals surface area contributed by atoms with E-state index in [-0.39, 0.29) is 32.7 Å². The van der Waals surface area contributed by atoms with Crippen LogP contribution < -0.4 is 20.2 Å². The molecular formula is C21H14Cl2N2O6. The summed E-state index contributed by atoms with van der Waals surface area (Å²) in [4.78, 5) is 24.9. The molecule has 2 aromatic heterocycles. The Kier molecular flexibility index (Phi) is 5.58. The first-order chi connectivity index (χ1) is 14.9. The predicted molar refractivity (Wildman–Crippen MR) is 116 cm³/mol. The fourth-order valence-electron chi connectivity index (χ4n) is 2.93. The lowest BCUT2D eigenvalue weighted by atomic mass is 10.1. The Morgan fingerprint density at radius 3 is 2.55 bits per heavy atom. The van der Waals surface area contributed by atoms with Crippen molar-refractivity contribution in [1.29, 1.82) is 0 Å². The maximum absolute atomic E-state index is 12.6. The number of hydrogen-bond donors (Lipinski definition) is 1. The Hall–Kier alpha value is -3.49. The van der Waals surface area contributed by atoms with E-state index in [2.05, 4.69) is 10.5 Å². The van der Waals surface area contributed by atoms with Crippen LogP contribution in [0.15, 0.2) is 56.2 Å². The standard InChI is InChI=1S/C21H14Cl2N2O6/c1-28-16-4-3-10(5-17(16)29-2)14-8-19(31-25-14)24-21(27)18-9-15(26)12-6-11(22)7-13(23)20(12)30-18/h3-9H,1-2H3,(H,24,27). The lowest BCUT2D eigenvalue weighted by Gasteiger charge is -2.07. The molecule has 4 rings (SSSR count). The van der Waals surface area contributed by atoms with Gasteiger partial charge in [-0.2, -0.15) is 0 Å². The third kappa shape index (κ3) is 4.08. The third-order valence-corrected chi connectivity index (χ3v) is 4.90. The van der Waals surface area contributed by atoms with Crippen LogP contribution in [0.3, 0.4) is 0 Å². The first-order valence-electron chi connectivity index (χ1n) is 8.83. The van der Waals surface area contributed by atoms with E-state index in [0.717, 1.165) is 6.07 Å². The molecule has 0 aliphatic heterocycles. The molecule has 8 nitrogen and oxygen atoms in total. The minimum absolute atomic E-state index is 0.0553. The molecule has 0 aliphatic rings. The van der Waals surface area contributed by atoms with Gasteiger partial charge in [0.25, 0.3) is 5.91 Å². The van der Waals surface area contributed by atoms with Crippen LogP contribution in [-0.4, -0.2) is 25.3 Å². The second kappa shape index (κ2) is 8.33. The van der Waals surface area contributed by atoms with Crippen molar-refractivity contribution in [3.05, 3.63) is 68.5 Å². The van der Waals surface area contributed by atoms with Gasteiger partial charge in [0, 0.05) is 22.7 Å². The van der Waals surface area contributed by atoms with Gasteiger partial charge < -0.3 is 18.4 Å². The van der Waals surface area contributed by atoms with Crippen LogP contribution in [-0.2, 0) is 0 Å². The van der Waals surface area contributed by atoms with E-state index in [1.54, 1.807) is 18.2 Å². The minimum atomic E-state index is -0.708. The van der Waals surface area contributed by atoms with Gasteiger partial charge in [-0.15, -0.1) is 0 Å². The lowest BCUT2D eigenvalue weighted by molar-refractivity contribution is 0.0994. The number of aromatic nitrogens is 1. The van der Waals surface area contributed by atoms with Crippen molar-refractivity contribution < 1.29 is 23.2 Å². The van der Waals surface area contributed by atoms with Crippen LogP contribution >= 0.6 is 23.2 Å². The predicted octanol–water partition coefficient (Wildman–Crippen LogP) is 5.02. The minimum Gasteiger partial charge on any atom is -0.493 e. The zero-order chi connectivity index (χ0) is 22.1. The van der Waals surface area contributed by atoms with E-state index in [1.165, 1.54) is 32.4 Å². The van der Waals surface area contributed by atoms with E-state index in [9.17, 15) is 9.59 Å². The van der Waals surface area contributed by atoms with Crippen LogP contribution in [0.2, 0.25) is 10.0 Å². The summed E-state index contributed by atoms with van der Waals surface area (Å²) in [6, 6.07) is 10.6. The summed E-state index contributed by atoms with van der Waals surface area (Å²) in [5.74, 6) is 0.184. The highest BCUT2D eigenvalue weighted by Crippen LogP contribution is 2.33. The van der Waals surface area contributed by atoms with Gasteiger partial charge in [0.2, 0.25) is 5.88 Å². The second-order valence-corrected chi connectivity index (χ2v) is 7.18. The largest absolute Gasteiger partial charge is 0.493 e. The molecule has 0 saturated heterocycles. The number of halogens is 2. The molecular weight excluding hydrogens is 447 g/mol. The highest BCUT2D eigenvalue weighted by molar-refractivity contribution is 6.38. The average molecular weight is 461 g/mol. The van der Waals surface area contributed by atoms with Crippen molar-refractivity contribution in [1.82, 2.24) is 5.16 Å². The number of nitrogens with zero attached hydrogens (tertiary/aromatic N) is 1. The molecule has 10 heteroatoms. The van der Waals surface area contributed by atoms with Gasteiger partial charge >= 0.3 is 0 Å². The molecule has 0 radical (unpaired) electrons. The summed E-state index contributed by atoms with van der Waals surface area (Å²) in [7, 11) is 3.06. The lowest BCUT2D eigenvalue weighted by Crippen LogP contribution is -2.14. The number of benzene rings is 2. The number of rotatable bonds is 5. The molecule has 0 atom stereocenters. The Balaban J connectivity index is 1.61. The quantitative estimate of drug-likeness (QED) is 0.445. The van der Waals surface area contributed by atoms with Crippen molar-refractivity contribution in [2.75, 3.05) is 19.5 Å². The summed E-state index contributed by atoms with van der Waals surface area (Å²) in [5.41, 5.74) is 0.739. The van der Waals surface area contributed by atoms with E-state index >= 15 is 0 Å². The van der Waals surface area contributed by atoms with Crippen molar-refractivity contribution in [3.63, 3.8) is 0 Å². The molecule has 0 spiro atoms. The van der Waals surface area contributed by atoms with Gasteiger partial charge in [-0.05, 0) is 30.3 Å². The number of carbonyl (C=O) groups excluding carboxylic acids is 1. The summed E-state index contributed by atoms with van der Waals surface area (Å²) in [6.07, 6.45) is 0. The van der Waals surface area contributed by atoms with Crippen molar-refractivity contribution in [3.8, 4) is 22.8 Å². The number of fused-ring (bicyclic) bond motifs is 1. The van der Waals surface area contributed by atoms with E-state index in [1.807, 2.05) is 0 Å². The highest BCUT2D eigenvalue weighted by Gasteiger charge is 2.18. The average Bonchev–Trinajstić information content (AvgIpc) is 3.22. The normalized spacial score (nSPS) is 10.8. The van der Waals surface area contributed by atoms with E-state index in [0.29, 0.717) is 22.8 Å². The number of anilines is 1. The van der Waals surface area contributed by atoms with E-state index < -0.39 is 11.3 Å². The number of hydrogen-bond acceptors (Lipinski definition) is 7. The molecule has 4 aromatic rings. The number of carbonyl (C=O) groups is 1. The van der Waals surface area contributed by atoms with Crippen LogP contribution in [0, 0.1) is 0 Å². The number of nitrogens with one attached hydrogen (secondary N) is 1. The molecule has 2 aromatic carbocycles. The number of ether oxygens (including phenoxy) is 2. The molecule has 1 N–H and O–H groups in total. The Bertz CT molecular complexity index is 1360. The molecule has 2 heterocycles. The Labute approximate surface area is 185 Å². The van der Waals surface area contributed by atoms with Gasteiger partial charge in [-0.3, -0.25) is 14.9 Å². The van der Waals surface area contributed by atoms with Crippen molar-refractivity contribution in [2.24, 2.45) is 0 Å². The van der Waals surface area contributed by atoms with Crippen LogP contribution in [0.4, 0.5) is 5.88 Å². The summed E-state index contributed by atoms with van der Waals surface area (Å²) in [6.45, 7) is 0. The van der Waals surface area contributed by atoms with Crippen LogP contribution in [0.1, 0.15) is 10.6 Å². The molecule has 158 valence electrons. The Morgan fingerprint density at radius 1 is 1.03 bits per heavy atom. The second-order valence-electron chi connectivity index (χ2n) is 6.34. The van der Waals surface area contributed by atoms with Gasteiger partial charge in [0.15, 0.2) is 28.3 Å². The number of amides is 1. The molecule has 0 bridgehead atoms. The first kappa shape index (κ1) is 20.8. The van der Waals surface area contributed by atoms with Gasteiger partial charge in [-0.25, -0.2) is 0 Å². The molecule has 1 amide bonds. The first-order valence-corrected chi connectivity index (χ1v) is 9.58. The maximum atomic E-state index is 12.6. The smallest absolute Gasteiger partial charge is 0.293 e. The molecule has 31 heavy (non-hydrogen) atoms. The third-order valence-electron chi connectivity index (χ3n) is 4.40. The zero-order valence-corrected chi connectivity index (χ0v) is 17.7. The van der Waals surface area contributed by atoms with Crippen molar-refractivity contribution in [2.45, 2.75) is 0 Å². The van der Waals surface area contributed by atoms with Gasteiger partial charge in [0.1, 0.15) is 5.69 Å². The molecule has 0 saturated carbocycles. The summed E-state index contributed by atoms with van der Waals surface area (Å²) in [5, 5.41) is 7.01. The fraction of sp³-hybridized carbons (Fsp3) is 0.0952. The van der Waals surface area contributed by atoms with Gasteiger partial charge in [-0.1, -0.05) is 28.4 Å². The SMILES string of the molecule is COc1ccc(-c2cc(NC(=O)c3cc(=O)c4cc(Cl)cc(Cl)c4o3)on2)cc1OC. The summed E-state index contributed by atoms with van der Waals surface area (Å²) < 4.78 is 21.2. The zero-order valence-electron chi connectivity index (χ0n) is 16.2.